The molecule has 9 heteroatoms. The lowest BCUT2D eigenvalue weighted by Crippen LogP contribution is -2.43. The van der Waals surface area contributed by atoms with E-state index in [4.69, 9.17) is 25.5 Å². The zero-order valence-corrected chi connectivity index (χ0v) is 18.2. The second kappa shape index (κ2) is 9.68. The normalized spacial score (nSPS) is 15.4. The van der Waals surface area contributed by atoms with Crippen LogP contribution in [-0.4, -0.2) is 52.4 Å². The number of fused-ring (bicyclic) bond motifs is 1. The lowest BCUT2D eigenvalue weighted by molar-refractivity contribution is 0.0464. The molecular formula is C21H28ClN3O5. The van der Waals surface area contributed by atoms with E-state index in [0.717, 1.165) is 24.1 Å². The molecule has 1 aromatic carbocycles. The van der Waals surface area contributed by atoms with Crippen molar-refractivity contribution in [2.24, 2.45) is 0 Å². The molecule has 0 saturated heterocycles. The zero-order valence-electron chi connectivity index (χ0n) is 17.5. The molecule has 1 aromatic heterocycles. The number of carbonyl (C=O) groups excluding carboxylic acids is 1. The number of ether oxygens (including phenoxy) is 2. The van der Waals surface area contributed by atoms with E-state index in [-0.39, 0.29) is 13.2 Å². The summed E-state index contributed by atoms with van der Waals surface area (Å²) < 4.78 is 16.1. The smallest absolute Gasteiger partial charge is 0.407 e. The fourth-order valence-electron chi connectivity index (χ4n) is 3.26. The van der Waals surface area contributed by atoms with Crippen LogP contribution in [0.5, 0.6) is 5.75 Å². The van der Waals surface area contributed by atoms with Crippen molar-refractivity contribution in [3.63, 3.8) is 0 Å². The molecule has 0 unspecified atom stereocenters. The summed E-state index contributed by atoms with van der Waals surface area (Å²) in [7, 11) is 0. The Morgan fingerprint density at radius 3 is 2.93 bits per heavy atom. The van der Waals surface area contributed by atoms with Gasteiger partial charge < -0.3 is 24.3 Å². The number of aliphatic hydroxyl groups is 1. The highest BCUT2D eigenvalue weighted by Gasteiger charge is 2.23. The summed E-state index contributed by atoms with van der Waals surface area (Å²) in [6.07, 6.45) is 2.49. The molecule has 2 heterocycles. The van der Waals surface area contributed by atoms with Gasteiger partial charge in [-0.1, -0.05) is 17.7 Å². The number of hydrogen-bond donors (Lipinski definition) is 2. The number of aromatic nitrogens is 1. The van der Waals surface area contributed by atoms with E-state index < -0.39 is 17.8 Å². The number of nitrogens with one attached hydrogen (secondary N) is 1. The van der Waals surface area contributed by atoms with Crippen molar-refractivity contribution < 1.29 is 23.8 Å². The van der Waals surface area contributed by atoms with Crippen molar-refractivity contribution in [1.82, 2.24) is 15.2 Å². The minimum atomic E-state index is -0.695. The number of hydrogen-bond acceptors (Lipinski definition) is 7. The number of aliphatic hydroxyl groups excluding tert-OH is 1. The predicted octanol–water partition coefficient (Wildman–Crippen LogP) is 3.15. The third kappa shape index (κ3) is 6.35. The molecular weight excluding hydrogens is 410 g/mol. The summed E-state index contributed by atoms with van der Waals surface area (Å²) >= 11 is 6.56. The zero-order chi connectivity index (χ0) is 21.7. The molecule has 1 aliphatic heterocycles. The van der Waals surface area contributed by atoms with Crippen molar-refractivity contribution in [2.75, 3.05) is 19.6 Å². The predicted molar refractivity (Wildman–Crippen MR) is 112 cm³/mol. The first kappa shape index (κ1) is 22.4. The Bertz CT molecular complexity index is 851. The fraction of sp³-hybridized carbons (Fsp3) is 0.524. The maximum atomic E-state index is 11.7. The number of amides is 1. The lowest BCUT2D eigenvalue weighted by atomic mass is 9.99. The van der Waals surface area contributed by atoms with E-state index in [1.54, 1.807) is 27.0 Å². The van der Waals surface area contributed by atoms with Crippen LogP contribution in [0.3, 0.4) is 0 Å². The number of rotatable bonds is 7. The first-order valence-electron chi connectivity index (χ1n) is 9.89. The molecule has 2 N–H and O–H groups in total. The van der Waals surface area contributed by atoms with Crippen LogP contribution in [-0.2, 0) is 24.3 Å². The molecule has 0 fully saturated rings. The second-order valence-electron chi connectivity index (χ2n) is 8.29. The highest BCUT2D eigenvalue weighted by molar-refractivity contribution is 6.33. The van der Waals surface area contributed by atoms with Gasteiger partial charge in [-0.3, -0.25) is 4.90 Å². The van der Waals surface area contributed by atoms with Crippen molar-refractivity contribution in [3.8, 4) is 5.75 Å². The van der Waals surface area contributed by atoms with Gasteiger partial charge in [0.05, 0.1) is 17.3 Å². The Morgan fingerprint density at radius 1 is 1.43 bits per heavy atom. The SMILES string of the molecule is CC(C)(C)OC(=O)NC[C@H](O)CN1CCc2c(ccc(OCc3cnco3)c2Cl)C1. The number of nitrogens with zero attached hydrogens (tertiary/aromatic N) is 2. The van der Waals surface area contributed by atoms with Gasteiger partial charge in [-0.25, -0.2) is 9.78 Å². The van der Waals surface area contributed by atoms with E-state index in [1.807, 2.05) is 12.1 Å². The lowest BCUT2D eigenvalue weighted by Gasteiger charge is -2.31. The molecule has 0 saturated carbocycles. The van der Waals surface area contributed by atoms with Gasteiger partial charge in [0.25, 0.3) is 0 Å². The van der Waals surface area contributed by atoms with Crippen LogP contribution in [0.4, 0.5) is 4.79 Å². The molecule has 3 rings (SSSR count). The minimum absolute atomic E-state index is 0.132. The number of halogens is 1. The van der Waals surface area contributed by atoms with Crippen LogP contribution in [0.1, 0.15) is 37.7 Å². The van der Waals surface area contributed by atoms with Crippen LogP contribution < -0.4 is 10.1 Å². The van der Waals surface area contributed by atoms with Gasteiger partial charge in [0, 0.05) is 26.2 Å². The first-order chi connectivity index (χ1) is 14.2. The van der Waals surface area contributed by atoms with Crippen LogP contribution in [0, 0.1) is 0 Å². The maximum absolute atomic E-state index is 11.7. The highest BCUT2D eigenvalue weighted by Crippen LogP contribution is 2.34. The minimum Gasteiger partial charge on any atom is -0.484 e. The summed E-state index contributed by atoms with van der Waals surface area (Å²) in [5.74, 6) is 1.24. The van der Waals surface area contributed by atoms with Crippen LogP contribution >= 0.6 is 11.6 Å². The van der Waals surface area contributed by atoms with Gasteiger partial charge in [-0.2, -0.15) is 0 Å². The number of benzene rings is 1. The summed E-state index contributed by atoms with van der Waals surface area (Å²) in [6, 6.07) is 3.84. The quantitative estimate of drug-likeness (QED) is 0.686. The third-order valence-corrected chi connectivity index (χ3v) is 4.99. The topological polar surface area (TPSA) is 97.1 Å². The van der Waals surface area contributed by atoms with Gasteiger partial charge >= 0.3 is 6.09 Å². The molecule has 8 nitrogen and oxygen atoms in total. The van der Waals surface area contributed by atoms with E-state index >= 15 is 0 Å². The molecule has 0 radical (unpaired) electrons. The molecule has 1 amide bonds. The average Bonchev–Trinajstić information content (AvgIpc) is 3.18. The Hall–Kier alpha value is -2.29. The molecule has 1 atom stereocenters. The Balaban J connectivity index is 1.50. The van der Waals surface area contributed by atoms with Gasteiger partial charge in [-0.15, -0.1) is 0 Å². The summed E-state index contributed by atoms with van der Waals surface area (Å²) in [4.78, 5) is 17.7. The maximum Gasteiger partial charge on any atom is 0.407 e. The average molecular weight is 438 g/mol. The van der Waals surface area contributed by atoms with Crippen LogP contribution in [0.15, 0.2) is 29.1 Å². The van der Waals surface area contributed by atoms with Crippen molar-refractivity contribution in [1.29, 1.82) is 0 Å². The monoisotopic (exact) mass is 437 g/mol. The number of oxazole rings is 1. The third-order valence-electron chi connectivity index (χ3n) is 4.58. The molecule has 0 aliphatic carbocycles. The molecule has 1 aliphatic rings. The second-order valence-corrected chi connectivity index (χ2v) is 8.67. The molecule has 30 heavy (non-hydrogen) atoms. The molecule has 2 aromatic rings. The van der Waals surface area contributed by atoms with E-state index in [9.17, 15) is 9.90 Å². The fourth-order valence-corrected chi connectivity index (χ4v) is 3.59. The van der Waals surface area contributed by atoms with Gasteiger partial charge in [-0.05, 0) is 44.4 Å². The number of β-amino-alcohol motifs (C(OH)–C–C–N with tert-alkyl or cyclic N) is 1. The van der Waals surface area contributed by atoms with Crippen LogP contribution in [0.2, 0.25) is 5.02 Å². The Labute approximate surface area is 181 Å². The Kier molecular flexibility index (Phi) is 7.23. The van der Waals surface area contributed by atoms with Crippen LogP contribution in [0.25, 0.3) is 0 Å². The van der Waals surface area contributed by atoms with E-state index in [2.05, 4.69) is 15.2 Å². The van der Waals surface area contributed by atoms with Crippen molar-refractivity contribution in [2.45, 2.75) is 52.0 Å². The highest BCUT2D eigenvalue weighted by atomic mass is 35.5. The number of alkyl carbamates (subject to hydrolysis) is 1. The Morgan fingerprint density at radius 2 is 2.23 bits per heavy atom. The molecule has 0 spiro atoms. The standard InChI is InChI=1S/C21H28ClN3O5/c1-21(2,3)30-20(27)24-8-15(26)11-25-7-6-17-14(10-25)4-5-18(19(17)22)28-12-16-9-23-13-29-16/h4-5,9,13,15,26H,6-8,10-12H2,1-3H3,(H,24,27)/t15-/m0/s1. The molecule has 164 valence electrons. The number of carbonyl (C=O) groups is 1. The van der Waals surface area contributed by atoms with Gasteiger partial charge in [0.2, 0.25) is 0 Å². The first-order valence-corrected chi connectivity index (χ1v) is 10.3. The van der Waals surface area contributed by atoms with Crippen molar-refractivity contribution in [3.05, 3.63) is 46.6 Å². The van der Waals surface area contributed by atoms with Crippen molar-refractivity contribution >= 4 is 17.7 Å². The van der Waals surface area contributed by atoms with Gasteiger partial charge in [0.1, 0.15) is 18.0 Å². The van der Waals surface area contributed by atoms with Gasteiger partial charge in [0.15, 0.2) is 12.2 Å². The summed E-state index contributed by atoms with van der Waals surface area (Å²) in [5.41, 5.74) is 1.59. The summed E-state index contributed by atoms with van der Waals surface area (Å²) in [5, 5.41) is 13.5. The van der Waals surface area contributed by atoms with E-state index in [0.29, 0.717) is 29.6 Å². The largest absolute Gasteiger partial charge is 0.484 e. The summed E-state index contributed by atoms with van der Waals surface area (Å²) in [6.45, 7) is 7.65. The van der Waals surface area contributed by atoms with E-state index in [1.165, 1.54) is 6.39 Å². The molecule has 0 bridgehead atoms.